The number of anilines is 1. The van der Waals surface area contributed by atoms with Gasteiger partial charge in [-0.25, -0.2) is 4.79 Å². The van der Waals surface area contributed by atoms with Gasteiger partial charge in [-0.3, -0.25) is 9.78 Å². The monoisotopic (exact) mass is 493 g/mol. The molecule has 1 aliphatic carbocycles. The van der Waals surface area contributed by atoms with Crippen molar-refractivity contribution in [3.63, 3.8) is 0 Å². The van der Waals surface area contributed by atoms with Crippen molar-refractivity contribution >= 4 is 34.3 Å². The number of carbonyl (C=O) groups is 1. The quantitative estimate of drug-likeness (QED) is 0.252. The van der Waals surface area contributed by atoms with Crippen LogP contribution in [0.4, 0.5) is 5.69 Å². The van der Waals surface area contributed by atoms with Crippen LogP contribution in [0.5, 0.6) is 5.75 Å². The van der Waals surface area contributed by atoms with Crippen LogP contribution in [-0.2, 0) is 6.54 Å². The predicted octanol–water partition coefficient (Wildman–Crippen LogP) is 4.81. The lowest BCUT2D eigenvalue weighted by Crippen LogP contribution is -2.18. The number of ketones is 1. The molecule has 0 unspecified atom stereocenters. The lowest BCUT2D eigenvalue weighted by Gasteiger charge is -2.25. The summed E-state index contributed by atoms with van der Waals surface area (Å²) in [4.78, 5) is 26.9. The zero-order valence-corrected chi connectivity index (χ0v) is 20.3. The minimum Gasteiger partial charge on any atom is -0.497 e. The molecule has 4 aromatic rings. The molecule has 1 saturated carbocycles. The summed E-state index contributed by atoms with van der Waals surface area (Å²) in [5, 5.41) is 13.1. The number of benzene rings is 2. The van der Waals surface area contributed by atoms with Crippen molar-refractivity contribution in [1.29, 1.82) is 0 Å². The topological polar surface area (TPSA) is 115 Å². The number of hydrogen-bond acceptors (Lipinski definition) is 8. The van der Waals surface area contributed by atoms with E-state index in [2.05, 4.69) is 25.1 Å². The molecule has 9 nitrogen and oxygen atoms in total. The summed E-state index contributed by atoms with van der Waals surface area (Å²) in [7, 11) is 1.65. The van der Waals surface area contributed by atoms with Gasteiger partial charge < -0.3 is 19.0 Å². The Kier molecular flexibility index (Phi) is 6.89. The molecule has 2 aromatic carbocycles. The number of hydrogen-bond donors (Lipinski definition) is 2. The zero-order valence-electron chi connectivity index (χ0n) is 19.5. The average molecular weight is 494 g/mol. The molecule has 1 aliphatic rings. The van der Waals surface area contributed by atoms with Gasteiger partial charge in [0.2, 0.25) is 0 Å². The summed E-state index contributed by atoms with van der Waals surface area (Å²) >= 11 is 1.39. The van der Waals surface area contributed by atoms with E-state index < -0.39 is 5.76 Å². The van der Waals surface area contributed by atoms with Crippen LogP contribution in [0.15, 0.2) is 56.8 Å². The maximum atomic E-state index is 12.9. The second-order valence-corrected chi connectivity index (χ2v) is 9.53. The van der Waals surface area contributed by atoms with Crippen molar-refractivity contribution in [2.45, 2.75) is 49.8 Å². The van der Waals surface area contributed by atoms with Gasteiger partial charge in [0, 0.05) is 23.4 Å². The molecule has 1 fully saturated rings. The fraction of sp³-hybridized carbons (Fsp3) is 0.360. The number of aromatic nitrogens is 4. The van der Waals surface area contributed by atoms with Gasteiger partial charge in [0.05, 0.1) is 24.9 Å². The van der Waals surface area contributed by atoms with Gasteiger partial charge in [-0.1, -0.05) is 37.1 Å². The fourth-order valence-electron chi connectivity index (χ4n) is 4.48. The van der Waals surface area contributed by atoms with Gasteiger partial charge in [-0.2, -0.15) is 0 Å². The molecule has 2 N–H and O–H groups in total. The molecule has 182 valence electrons. The van der Waals surface area contributed by atoms with E-state index in [1.54, 1.807) is 25.3 Å². The third-order valence-corrected chi connectivity index (χ3v) is 7.21. The van der Waals surface area contributed by atoms with Crippen LogP contribution in [0.25, 0.3) is 11.1 Å². The smallest absolute Gasteiger partial charge is 0.417 e. The van der Waals surface area contributed by atoms with E-state index in [1.165, 1.54) is 31.0 Å². The number of fused-ring (bicyclic) bond motifs is 1. The van der Waals surface area contributed by atoms with E-state index in [4.69, 9.17) is 9.15 Å². The highest BCUT2D eigenvalue weighted by Gasteiger charge is 2.24. The normalized spacial score (nSPS) is 14.3. The first-order chi connectivity index (χ1) is 17.1. The number of methoxy groups -OCH3 is 1. The van der Waals surface area contributed by atoms with Crippen molar-refractivity contribution in [3.8, 4) is 5.75 Å². The third kappa shape index (κ3) is 5.27. The number of thioether (sulfide) groups is 1. The summed E-state index contributed by atoms with van der Waals surface area (Å²) in [6, 6.07) is 13.1. The maximum Gasteiger partial charge on any atom is 0.417 e. The molecule has 0 saturated heterocycles. The molecule has 0 aliphatic heterocycles. The number of nitrogens with zero attached hydrogens (tertiary/aromatic N) is 3. The van der Waals surface area contributed by atoms with Gasteiger partial charge in [-0.05, 0) is 43.2 Å². The number of nitrogens with one attached hydrogen (secondary N) is 2. The Morgan fingerprint density at radius 2 is 2.06 bits per heavy atom. The molecule has 0 bridgehead atoms. The highest BCUT2D eigenvalue weighted by atomic mass is 32.2. The minimum absolute atomic E-state index is 0.0602. The summed E-state index contributed by atoms with van der Waals surface area (Å²) in [5.41, 5.74) is 2.39. The summed E-state index contributed by atoms with van der Waals surface area (Å²) in [6.45, 7) is 0.522. The Balaban J connectivity index is 1.32. The number of carbonyl (C=O) groups excluding carboxylic acids is 1. The van der Waals surface area contributed by atoms with Crippen LogP contribution in [-0.4, -0.2) is 38.4 Å². The molecule has 35 heavy (non-hydrogen) atoms. The van der Waals surface area contributed by atoms with Crippen LogP contribution in [0, 0.1) is 0 Å². The van der Waals surface area contributed by atoms with Crippen molar-refractivity contribution in [2.75, 3.05) is 18.2 Å². The van der Waals surface area contributed by atoms with Crippen LogP contribution >= 0.6 is 11.8 Å². The van der Waals surface area contributed by atoms with Gasteiger partial charge in [0.25, 0.3) is 0 Å². The van der Waals surface area contributed by atoms with Crippen molar-refractivity contribution in [2.24, 2.45) is 0 Å². The molecule has 0 amide bonds. The van der Waals surface area contributed by atoms with Crippen LogP contribution in [0.3, 0.4) is 0 Å². The lowest BCUT2D eigenvalue weighted by molar-refractivity contribution is 0.102. The summed E-state index contributed by atoms with van der Waals surface area (Å²) < 4.78 is 12.6. The van der Waals surface area contributed by atoms with Crippen molar-refractivity contribution in [3.05, 3.63) is 64.4 Å². The first-order valence-corrected chi connectivity index (χ1v) is 12.7. The Morgan fingerprint density at radius 3 is 2.89 bits per heavy atom. The lowest BCUT2D eigenvalue weighted by atomic mass is 9.95. The van der Waals surface area contributed by atoms with E-state index in [9.17, 15) is 9.59 Å². The van der Waals surface area contributed by atoms with E-state index in [1.807, 2.05) is 24.3 Å². The van der Waals surface area contributed by atoms with Gasteiger partial charge in [-0.15, -0.1) is 10.2 Å². The molecule has 2 aromatic heterocycles. The molecular weight excluding hydrogens is 466 g/mol. The SMILES string of the molecule is COc1cccc(NCc2nnc(SCC(=O)c3ccc4[nH]c(=O)oc4c3)n2C2CCCCC2)c1. The number of aromatic amines is 1. The second-order valence-electron chi connectivity index (χ2n) is 8.58. The second kappa shape index (κ2) is 10.4. The minimum atomic E-state index is -0.533. The highest BCUT2D eigenvalue weighted by molar-refractivity contribution is 7.99. The molecule has 0 atom stereocenters. The van der Waals surface area contributed by atoms with Crippen molar-refractivity contribution < 1.29 is 13.9 Å². The molecule has 5 rings (SSSR count). The Bertz CT molecular complexity index is 1390. The number of H-pyrrole nitrogens is 1. The van der Waals surface area contributed by atoms with Gasteiger partial charge >= 0.3 is 5.76 Å². The predicted molar refractivity (Wildman–Crippen MR) is 134 cm³/mol. The molecule has 2 heterocycles. The maximum absolute atomic E-state index is 12.9. The van der Waals surface area contributed by atoms with E-state index >= 15 is 0 Å². The number of rotatable bonds is 9. The number of oxazole rings is 1. The largest absolute Gasteiger partial charge is 0.497 e. The summed E-state index contributed by atoms with van der Waals surface area (Å²) in [6.07, 6.45) is 5.76. The first kappa shape index (κ1) is 23.2. The Morgan fingerprint density at radius 1 is 1.20 bits per heavy atom. The van der Waals surface area contributed by atoms with E-state index in [0.29, 0.717) is 29.2 Å². The van der Waals surface area contributed by atoms with Crippen LogP contribution in [0.1, 0.15) is 54.3 Å². The number of ether oxygens (including phenoxy) is 1. The Labute approximate surface area is 206 Å². The van der Waals surface area contributed by atoms with Crippen LogP contribution < -0.4 is 15.8 Å². The number of Topliss-reactive ketones (excluding diaryl/α,β-unsaturated/α-hetero) is 1. The molecular formula is C25H27N5O4S. The highest BCUT2D eigenvalue weighted by Crippen LogP contribution is 2.33. The zero-order chi connectivity index (χ0) is 24.2. The third-order valence-electron chi connectivity index (χ3n) is 6.27. The Hall–Kier alpha value is -3.53. The van der Waals surface area contributed by atoms with Gasteiger partial charge in [0.1, 0.15) is 5.75 Å². The molecule has 10 heteroatoms. The van der Waals surface area contributed by atoms with Crippen LogP contribution in [0.2, 0.25) is 0 Å². The van der Waals surface area contributed by atoms with E-state index in [-0.39, 0.29) is 11.5 Å². The van der Waals surface area contributed by atoms with E-state index in [0.717, 1.165) is 35.3 Å². The standard InChI is InChI=1S/C25H27N5O4S/c1-33-19-9-5-6-17(13-19)26-14-23-28-29-24(30(23)18-7-3-2-4-8-18)35-15-21(31)16-10-11-20-22(12-16)34-25(32)27-20/h5-6,9-13,18,26H,2-4,7-8,14-15H2,1H3,(H,27,32). The molecule has 0 spiro atoms. The van der Waals surface area contributed by atoms with Crippen molar-refractivity contribution in [1.82, 2.24) is 19.7 Å². The summed E-state index contributed by atoms with van der Waals surface area (Å²) in [5.74, 6) is 1.26. The molecule has 0 radical (unpaired) electrons. The first-order valence-electron chi connectivity index (χ1n) is 11.7. The average Bonchev–Trinajstić information content (AvgIpc) is 3.48. The fourth-order valence-corrected chi connectivity index (χ4v) is 5.40. The van der Waals surface area contributed by atoms with Gasteiger partial charge in [0.15, 0.2) is 22.3 Å².